The molecule has 2 nitrogen and oxygen atoms in total. The Labute approximate surface area is 74.7 Å². The Kier molecular flexibility index (Phi) is 3.20. The molecule has 1 unspecified atom stereocenters. The van der Waals surface area contributed by atoms with Gasteiger partial charge < -0.3 is 10.6 Å². The molecule has 0 aromatic heterocycles. The van der Waals surface area contributed by atoms with Crippen LogP contribution in [0.15, 0.2) is 24.0 Å². The van der Waals surface area contributed by atoms with Gasteiger partial charge >= 0.3 is 0 Å². The van der Waals surface area contributed by atoms with Gasteiger partial charge in [0.2, 0.25) is 0 Å². The van der Waals surface area contributed by atoms with E-state index in [0.717, 1.165) is 6.42 Å². The van der Waals surface area contributed by atoms with Gasteiger partial charge in [-0.25, -0.2) is 0 Å². The van der Waals surface area contributed by atoms with E-state index in [-0.39, 0.29) is 0 Å². The largest absolute Gasteiger partial charge is 0.388 e. The summed E-state index contributed by atoms with van der Waals surface area (Å²) in [5.74, 6) is 0. The van der Waals surface area contributed by atoms with Crippen molar-refractivity contribution >= 4 is 0 Å². The van der Waals surface area contributed by atoms with Gasteiger partial charge in [0.1, 0.15) is 0 Å². The fourth-order valence-corrected chi connectivity index (χ4v) is 1.18. The molecule has 0 aliphatic carbocycles. The lowest BCUT2D eigenvalue weighted by molar-refractivity contribution is 0.647. The Balaban J connectivity index is 2.51. The van der Waals surface area contributed by atoms with E-state index < -0.39 is 0 Å². The zero-order chi connectivity index (χ0) is 8.97. The summed E-state index contributed by atoms with van der Waals surface area (Å²) in [6.07, 6.45) is 7.42. The van der Waals surface area contributed by atoms with Crippen LogP contribution < -0.4 is 10.6 Å². The number of rotatable bonds is 2. The molecule has 1 rings (SSSR count). The van der Waals surface area contributed by atoms with Crippen molar-refractivity contribution in [3.63, 3.8) is 0 Å². The van der Waals surface area contributed by atoms with Crippen LogP contribution in [0.25, 0.3) is 0 Å². The molecule has 0 fully saturated rings. The molecule has 0 saturated carbocycles. The van der Waals surface area contributed by atoms with E-state index in [1.165, 1.54) is 5.70 Å². The maximum atomic E-state index is 3.38. The minimum Gasteiger partial charge on any atom is -0.388 e. The van der Waals surface area contributed by atoms with Gasteiger partial charge in [-0.2, -0.15) is 0 Å². The Morgan fingerprint density at radius 1 is 1.58 bits per heavy atom. The van der Waals surface area contributed by atoms with Crippen LogP contribution in [0.4, 0.5) is 0 Å². The molecule has 1 aliphatic rings. The summed E-state index contributed by atoms with van der Waals surface area (Å²) in [4.78, 5) is 0. The summed E-state index contributed by atoms with van der Waals surface area (Å²) >= 11 is 0. The Morgan fingerprint density at radius 3 is 3.00 bits per heavy atom. The zero-order valence-corrected chi connectivity index (χ0v) is 8.09. The van der Waals surface area contributed by atoms with Gasteiger partial charge in [-0.3, -0.25) is 0 Å². The molecule has 0 spiro atoms. The third-order valence-electron chi connectivity index (χ3n) is 1.79. The fraction of sp³-hybridized carbons (Fsp3) is 0.600. The van der Waals surface area contributed by atoms with Crippen molar-refractivity contribution in [2.45, 2.75) is 39.3 Å². The van der Waals surface area contributed by atoms with Crippen LogP contribution in [0.3, 0.4) is 0 Å². The first-order chi connectivity index (χ1) is 5.68. The van der Waals surface area contributed by atoms with Crippen molar-refractivity contribution in [3.8, 4) is 0 Å². The molecule has 1 heterocycles. The topological polar surface area (TPSA) is 24.1 Å². The highest BCUT2D eigenvalue weighted by Crippen LogP contribution is 2.03. The van der Waals surface area contributed by atoms with Crippen LogP contribution in [-0.2, 0) is 0 Å². The second-order valence-electron chi connectivity index (χ2n) is 3.60. The number of hydrogen-bond donors (Lipinski definition) is 2. The summed E-state index contributed by atoms with van der Waals surface area (Å²) in [6.45, 7) is 6.48. The van der Waals surface area contributed by atoms with Gasteiger partial charge in [0.05, 0.1) is 0 Å². The molecule has 0 bridgehead atoms. The predicted molar refractivity (Wildman–Crippen MR) is 52.7 cm³/mol. The van der Waals surface area contributed by atoms with E-state index in [9.17, 15) is 0 Å². The predicted octanol–water partition coefficient (Wildman–Crippen LogP) is 1.76. The highest BCUT2D eigenvalue weighted by molar-refractivity contribution is 5.19. The minimum absolute atomic E-state index is 0.509. The molecule has 12 heavy (non-hydrogen) atoms. The van der Waals surface area contributed by atoms with E-state index in [0.29, 0.717) is 12.1 Å². The highest BCUT2D eigenvalue weighted by atomic mass is 14.9. The van der Waals surface area contributed by atoms with Crippen molar-refractivity contribution < 1.29 is 0 Å². The molecule has 0 radical (unpaired) electrons. The summed E-state index contributed by atoms with van der Waals surface area (Å²) in [5, 5.41) is 6.65. The summed E-state index contributed by atoms with van der Waals surface area (Å²) in [6, 6.07) is 1.06. The van der Waals surface area contributed by atoms with Gasteiger partial charge in [-0.05, 0) is 39.5 Å². The van der Waals surface area contributed by atoms with Crippen molar-refractivity contribution in [1.29, 1.82) is 0 Å². The fourth-order valence-electron chi connectivity index (χ4n) is 1.18. The van der Waals surface area contributed by atoms with Gasteiger partial charge in [0, 0.05) is 17.8 Å². The molecule has 0 saturated heterocycles. The normalized spacial score (nSPS) is 23.0. The van der Waals surface area contributed by atoms with Crippen LogP contribution in [0, 0.1) is 0 Å². The molecular formula is C10H18N2. The highest BCUT2D eigenvalue weighted by Gasteiger charge is 2.02. The van der Waals surface area contributed by atoms with Crippen molar-refractivity contribution in [2.24, 2.45) is 0 Å². The third kappa shape index (κ3) is 2.99. The van der Waals surface area contributed by atoms with Crippen LogP contribution in [0.5, 0.6) is 0 Å². The van der Waals surface area contributed by atoms with Crippen molar-refractivity contribution in [1.82, 2.24) is 10.6 Å². The number of nitrogens with one attached hydrogen (secondary N) is 2. The Hall–Kier alpha value is -0.920. The first-order valence-electron chi connectivity index (χ1n) is 4.58. The average Bonchev–Trinajstić information content (AvgIpc) is 2.15. The Bertz CT molecular complexity index is 192. The molecule has 1 atom stereocenters. The standard InChI is InChI=1S/C10H18N2/c1-8(2)12-10-5-4-9(3)11-7-6-10/h5-9,11-12H,4H2,1-3H3. The monoisotopic (exact) mass is 166 g/mol. The van der Waals surface area contributed by atoms with Crippen molar-refractivity contribution in [3.05, 3.63) is 24.0 Å². The molecule has 2 N–H and O–H groups in total. The van der Waals surface area contributed by atoms with Crippen molar-refractivity contribution in [2.75, 3.05) is 0 Å². The molecule has 0 aromatic carbocycles. The summed E-state index contributed by atoms with van der Waals surface area (Å²) < 4.78 is 0. The average molecular weight is 166 g/mol. The van der Waals surface area contributed by atoms with Crippen LogP contribution in [-0.4, -0.2) is 12.1 Å². The second-order valence-corrected chi connectivity index (χ2v) is 3.60. The van der Waals surface area contributed by atoms with Crippen LogP contribution >= 0.6 is 0 Å². The second kappa shape index (κ2) is 4.19. The maximum absolute atomic E-state index is 3.38. The SMILES string of the molecule is CC(C)NC1=CCC(C)NC=C1. The molecule has 0 amide bonds. The van der Waals surface area contributed by atoms with E-state index >= 15 is 0 Å². The zero-order valence-electron chi connectivity index (χ0n) is 8.09. The molecular weight excluding hydrogens is 148 g/mol. The van der Waals surface area contributed by atoms with E-state index in [4.69, 9.17) is 0 Å². The maximum Gasteiger partial charge on any atom is 0.0316 e. The van der Waals surface area contributed by atoms with Gasteiger partial charge in [-0.15, -0.1) is 0 Å². The lowest BCUT2D eigenvalue weighted by Crippen LogP contribution is -2.20. The molecule has 0 aromatic rings. The van der Waals surface area contributed by atoms with Crippen LogP contribution in [0.2, 0.25) is 0 Å². The van der Waals surface area contributed by atoms with E-state index in [2.05, 4.69) is 43.6 Å². The summed E-state index contributed by atoms with van der Waals surface area (Å²) in [5.41, 5.74) is 1.22. The van der Waals surface area contributed by atoms with Crippen LogP contribution in [0.1, 0.15) is 27.2 Å². The number of allylic oxidation sites excluding steroid dienone is 1. The lowest BCUT2D eigenvalue weighted by Gasteiger charge is -2.09. The van der Waals surface area contributed by atoms with E-state index in [1.54, 1.807) is 0 Å². The summed E-state index contributed by atoms with van der Waals surface area (Å²) in [7, 11) is 0. The van der Waals surface area contributed by atoms with Gasteiger partial charge in [0.15, 0.2) is 0 Å². The third-order valence-corrected chi connectivity index (χ3v) is 1.79. The van der Waals surface area contributed by atoms with Gasteiger partial charge in [0.25, 0.3) is 0 Å². The first kappa shape index (κ1) is 9.17. The lowest BCUT2D eigenvalue weighted by atomic mass is 10.2. The molecule has 68 valence electrons. The Morgan fingerprint density at radius 2 is 2.33 bits per heavy atom. The smallest absolute Gasteiger partial charge is 0.0316 e. The van der Waals surface area contributed by atoms with Gasteiger partial charge in [-0.1, -0.05) is 6.08 Å². The molecule has 2 heteroatoms. The quantitative estimate of drug-likeness (QED) is 0.653. The number of hydrogen-bond acceptors (Lipinski definition) is 2. The minimum atomic E-state index is 0.509. The van der Waals surface area contributed by atoms with E-state index in [1.807, 2.05) is 6.20 Å². The first-order valence-corrected chi connectivity index (χ1v) is 4.58. The molecule has 1 aliphatic heterocycles.